The Bertz CT molecular complexity index is 1360. The van der Waals surface area contributed by atoms with Crippen molar-refractivity contribution in [2.24, 2.45) is 5.92 Å². The smallest absolute Gasteiger partial charge is 0.114 e. The van der Waals surface area contributed by atoms with Crippen LogP contribution in [0.2, 0.25) is 0 Å². The lowest BCUT2D eigenvalue weighted by Crippen LogP contribution is -2.01. The summed E-state index contributed by atoms with van der Waals surface area (Å²) in [4.78, 5) is 6.70. The maximum atomic E-state index is 4.67. The molecule has 1 atom stereocenters. The molecular weight excluding hydrogens is 548 g/mol. The summed E-state index contributed by atoms with van der Waals surface area (Å²) in [7, 11) is 0. The van der Waals surface area contributed by atoms with Crippen LogP contribution >= 0.6 is 61.7 Å². The molecule has 170 valence electrons. The van der Waals surface area contributed by atoms with Crippen LogP contribution in [-0.4, -0.2) is 8.75 Å². The fourth-order valence-electron chi connectivity index (χ4n) is 4.19. The van der Waals surface area contributed by atoms with Crippen LogP contribution in [0.15, 0.2) is 52.3 Å². The molecule has 4 aromatic heterocycles. The Balaban J connectivity index is 1.41. The third kappa shape index (κ3) is 5.03. The lowest BCUT2D eigenvalue weighted by Gasteiger charge is -2.12. The first-order chi connectivity index (χ1) is 16.2. The quantitative estimate of drug-likeness (QED) is 0.175. The number of unbranched alkanes of at least 4 members (excludes halogenated alkanes) is 1. The van der Waals surface area contributed by atoms with Crippen LogP contribution in [0.1, 0.15) is 44.4 Å². The van der Waals surface area contributed by atoms with E-state index < -0.39 is 0 Å². The van der Waals surface area contributed by atoms with Crippen LogP contribution in [0.3, 0.4) is 0 Å². The Morgan fingerprint density at radius 1 is 0.758 bits per heavy atom. The molecule has 0 spiro atoms. The third-order valence-electron chi connectivity index (χ3n) is 6.06. The number of hydrogen-bond acceptors (Lipinski definition) is 6. The third-order valence-corrected chi connectivity index (χ3v) is 10.7. The standard InChI is InChI=1S/C26H25BrN2S4/c1-3-5-6-16(4-2)15-17-7-10-22(30-17)23-12-11-20(31-23)18-8-9-19(21-13-14-24(27)32-21)26-25(18)28-33-29-26/h7-14,16H,3-6,15H2,1-2H3. The van der Waals surface area contributed by atoms with Gasteiger partial charge in [0.05, 0.1) is 15.5 Å². The Kier molecular flexibility index (Phi) is 7.42. The maximum absolute atomic E-state index is 4.67. The van der Waals surface area contributed by atoms with Gasteiger partial charge in [-0.3, -0.25) is 0 Å². The predicted molar refractivity (Wildman–Crippen MR) is 152 cm³/mol. The van der Waals surface area contributed by atoms with Crippen LogP contribution in [0.4, 0.5) is 0 Å². The van der Waals surface area contributed by atoms with E-state index in [2.05, 4.69) is 87.1 Å². The molecular formula is C26H25BrN2S4. The average molecular weight is 574 g/mol. The van der Waals surface area contributed by atoms with Crippen molar-refractivity contribution >= 4 is 72.7 Å². The first kappa shape index (κ1) is 23.4. The minimum absolute atomic E-state index is 0.809. The molecule has 5 aromatic rings. The number of benzene rings is 1. The van der Waals surface area contributed by atoms with Gasteiger partial charge in [-0.25, -0.2) is 0 Å². The van der Waals surface area contributed by atoms with E-state index in [1.807, 2.05) is 22.7 Å². The number of fused-ring (bicyclic) bond motifs is 1. The summed E-state index contributed by atoms with van der Waals surface area (Å²) in [6, 6.07) is 17.8. The summed E-state index contributed by atoms with van der Waals surface area (Å²) in [5.74, 6) is 0.809. The van der Waals surface area contributed by atoms with Crippen molar-refractivity contribution in [2.75, 3.05) is 0 Å². The Morgan fingerprint density at radius 3 is 2.06 bits per heavy atom. The molecule has 0 bridgehead atoms. The van der Waals surface area contributed by atoms with Gasteiger partial charge in [-0.15, -0.1) is 34.0 Å². The van der Waals surface area contributed by atoms with Gasteiger partial charge in [-0.05, 0) is 64.7 Å². The van der Waals surface area contributed by atoms with Crippen molar-refractivity contribution in [1.29, 1.82) is 0 Å². The normalized spacial score (nSPS) is 12.6. The topological polar surface area (TPSA) is 25.8 Å². The molecule has 0 aliphatic rings. The van der Waals surface area contributed by atoms with E-state index in [0.29, 0.717) is 0 Å². The summed E-state index contributed by atoms with van der Waals surface area (Å²) >= 11 is 10.4. The molecule has 0 N–H and O–H groups in total. The van der Waals surface area contributed by atoms with Crippen molar-refractivity contribution in [3.05, 3.63) is 57.2 Å². The largest absolute Gasteiger partial charge is 0.172 e. The van der Waals surface area contributed by atoms with E-state index in [0.717, 1.165) is 26.3 Å². The van der Waals surface area contributed by atoms with E-state index in [-0.39, 0.29) is 0 Å². The van der Waals surface area contributed by atoms with Crippen molar-refractivity contribution in [3.63, 3.8) is 0 Å². The van der Waals surface area contributed by atoms with Gasteiger partial charge in [0.15, 0.2) is 0 Å². The van der Waals surface area contributed by atoms with Crippen LogP contribution in [-0.2, 0) is 6.42 Å². The molecule has 7 heteroatoms. The fourth-order valence-corrected chi connectivity index (χ4v) is 8.42. The molecule has 0 aliphatic heterocycles. The minimum atomic E-state index is 0.809. The number of hydrogen-bond donors (Lipinski definition) is 0. The molecule has 0 saturated heterocycles. The van der Waals surface area contributed by atoms with Crippen molar-refractivity contribution in [3.8, 4) is 30.6 Å². The van der Waals surface area contributed by atoms with Crippen LogP contribution in [0, 0.1) is 5.92 Å². The van der Waals surface area contributed by atoms with E-state index >= 15 is 0 Å². The zero-order valence-electron chi connectivity index (χ0n) is 18.6. The van der Waals surface area contributed by atoms with E-state index in [4.69, 9.17) is 0 Å². The first-order valence-electron chi connectivity index (χ1n) is 11.4. The second-order valence-electron chi connectivity index (χ2n) is 8.28. The summed E-state index contributed by atoms with van der Waals surface area (Å²) < 4.78 is 10.4. The zero-order chi connectivity index (χ0) is 22.8. The average Bonchev–Trinajstić information content (AvgIpc) is 3.62. The summed E-state index contributed by atoms with van der Waals surface area (Å²) in [6.45, 7) is 4.62. The van der Waals surface area contributed by atoms with Crippen LogP contribution in [0.5, 0.6) is 0 Å². The highest BCUT2D eigenvalue weighted by Crippen LogP contribution is 2.43. The number of halogens is 1. The molecule has 4 heterocycles. The van der Waals surface area contributed by atoms with Crippen molar-refractivity contribution in [2.45, 2.75) is 46.0 Å². The highest BCUT2D eigenvalue weighted by atomic mass is 79.9. The first-order valence-corrected chi connectivity index (χ1v) is 15.3. The molecule has 0 aliphatic carbocycles. The number of nitrogens with zero attached hydrogens (tertiary/aromatic N) is 2. The lowest BCUT2D eigenvalue weighted by atomic mass is 9.95. The summed E-state index contributed by atoms with van der Waals surface area (Å²) in [5, 5.41) is 0. The second kappa shape index (κ2) is 10.5. The molecule has 5 rings (SSSR count). The maximum Gasteiger partial charge on any atom is 0.114 e. The van der Waals surface area contributed by atoms with Crippen LogP contribution in [0.25, 0.3) is 41.7 Å². The lowest BCUT2D eigenvalue weighted by molar-refractivity contribution is 0.452. The monoisotopic (exact) mass is 572 g/mol. The highest BCUT2D eigenvalue weighted by molar-refractivity contribution is 9.11. The molecule has 1 unspecified atom stereocenters. The van der Waals surface area contributed by atoms with Gasteiger partial charge in [0, 0.05) is 35.5 Å². The molecule has 33 heavy (non-hydrogen) atoms. The fraction of sp³-hybridized carbons (Fsp3) is 0.308. The van der Waals surface area contributed by atoms with Gasteiger partial charge >= 0.3 is 0 Å². The van der Waals surface area contributed by atoms with Gasteiger partial charge in [-0.1, -0.05) is 51.7 Å². The van der Waals surface area contributed by atoms with E-state index in [1.165, 1.54) is 73.8 Å². The molecule has 0 saturated carbocycles. The number of rotatable bonds is 9. The van der Waals surface area contributed by atoms with Crippen molar-refractivity contribution in [1.82, 2.24) is 8.75 Å². The predicted octanol–water partition coefficient (Wildman–Crippen LogP) is 10.4. The highest BCUT2D eigenvalue weighted by Gasteiger charge is 2.17. The van der Waals surface area contributed by atoms with E-state index in [1.54, 1.807) is 11.3 Å². The van der Waals surface area contributed by atoms with Gasteiger partial charge in [-0.2, -0.15) is 8.75 Å². The second-order valence-corrected chi connectivity index (χ2v) is 13.5. The van der Waals surface area contributed by atoms with Gasteiger partial charge in [0.1, 0.15) is 11.0 Å². The van der Waals surface area contributed by atoms with Gasteiger partial charge in [0.25, 0.3) is 0 Å². The summed E-state index contributed by atoms with van der Waals surface area (Å²) in [6.07, 6.45) is 6.46. The molecule has 0 radical (unpaired) electrons. The van der Waals surface area contributed by atoms with Gasteiger partial charge < -0.3 is 0 Å². The van der Waals surface area contributed by atoms with Crippen LogP contribution < -0.4 is 0 Å². The minimum Gasteiger partial charge on any atom is -0.172 e. The molecule has 2 nitrogen and oxygen atoms in total. The Morgan fingerprint density at radius 2 is 1.39 bits per heavy atom. The SMILES string of the molecule is CCCCC(CC)Cc1ccc(-c2ccc(-c3ccc(-c4ccc(Br)s4)c4nsnc34)s2)s1. The summed E-state index contributed by atoms with van der Waals surface area (Å²) in [5.41, 5.74) is 4.34. The number of thiophene rings is 3. The van der Waals surface area contributed by atoms with Gasteiger partial charge in [0.2, 0.25) is 0 Å². The van der Waals surface area contributed by atoms with Crippen molar-refractivity contribution < 1.29 is 0 Å². The molecule has 1 aromatic carbocycles. The Labute approximate surface area is 219 Å². The molecule has 0 fully saturated rings. The van der Waals surface area contributed by atoms with E-state index in [9.17, 15) is 0 Å². The molecule has 0 amide bonds. The Hall–Kier alpha value is -1.38. The number of aromatic nitrogens is 2. The zero-order valence-corrected chi connectivity index (χ0v) is 23.5.